The number of nitro benzene ring substituents is 1. The highest BCUT2D eigenvalue weighted by atomic mass is 19.1. The van der Waals surface area contributed by atoms with Crippen molar-refractivity contribution in [3.05, 3.63) is 34.4 Å². The molecule has 1 fully saturated rings. The largest absolute Gasteiger partial charge is 0.325 e. The second-order valence-electron chi connectivity index (χ2n) is 5.23. The standard InChI is InChI=1S/C14H18FN3O3/c15-9-11-4-6-17(7-5-11)10-14(19)16-12-2-1-3-13(8-12)18(20)21/h1-3,8,11H,4-7,9-10H2,(H,16,19). The summed E-state index contributed by atoms with van der Waals surface area (Å²) in [6.45, 7) is 1.34. The normalized spacial score (nSPS) is 16.6. The molecule has 0 bridgehead atoms. The Kier molecular flexibility index (Phi) is 5.21. The van der Waals surface area contributed by atoms with Gasteiger partial charge in [-0.25, -0.2) is 0 Å². The number of piperidine rings is 1. The Balaban J connectivity index is 1.85. The molecule has 0 radical (unpaired) electrons. The summed E-state index contributed by atoms with van der Waals surface area (Å²) in [4.78, 5) is 24.1. The summed E-state index contributed by atoms with van der Waals surface area (Å²) in [5.41, 5.74) is 0.351. The average Bonchev–Trinajstić information content (AvgIpc) is 2.48. The number of nitro groups is 1. The molecule has 1 aromatic rings. The van der Waals surface area contributed by atoms with Crippen LogP contribution < -0.4 is 5.32 Å². The molecule has 0 atom stereocenters. The molecule has 1 aliphatic rings. The quantitative estimate of drug-likeness (QED) is 0.667. The lowest BCUT2D eigenvalue weighted by Crippen LogP contribution is -2.39. The molecule has 1 aliphatic heterocycles. The van der Waals surface area contributed by atoms with Gasteiger partial charge in [0.1, 0.15) is 0 Å². The number of nitrogens with one attached hydrogen (secondary N) is 1. The number of hydrogen-bond donors (Lipinski definition) is 1. The van der Waals surface area contributed by atoms with Crippen molar-refractivity contribution in [2.45, 2.75) is 12.8 Å². The summed E-state index contributed by atoms with van der Waals surface area (Å²) in [5, 5.41) is 13.3. The number of likely N-dealkylation sites (tertiary alicyclic amines) is 1. The second-order valence-corrected chi connectivity index (χ2v) is 5.23. The molecular weight excluding hydrogens is 277 g/mol. The van der Waals surface area contributed by atoms with E-state index in [-0.39, 0.29) is 30.7 Å². The van der Waals surface area contributed by atoms with Crippen LogP contribution in [0.2, 0.25) is 0 Å². The fourth-order valence-corrected chi connectivity index (χ4v) is 2.40. The second kappa shape index (κ2) is 7.12. The molecule has 7 heteroatoms. The van der Waals surface area contributed by atoms with Gasteiger partial charge in [-0.2, -0.15) is 0 Å². The van der Waals surface area contributed by atoms with Crippen molar-refractivity contribution < 1.29 is 14.1 Å². The zero-order valence-corrected chi connectivity index (χ0v) is 11.6. The van der Waals surface area contributed by atoms with Gasteiger partial charge < -0.3 is 5.32 Å². The van der Waals surface area contributed by atoms with Crippen LogP contribution in [0.5, 0.6) is 0 Å². The number of halogens is 1. The van der Waals surface area contributed by atoms with E-state index in [4.69, 9.17) is 0 Å². The first-order valence-corrected chi connectivity index (χ1v) is 6.91. The zero-order valence-electron chi connectivity index (χ0n) is 11.6. The third-order valence-corrected chi connectivity index (χ3v) is 3.63. The molecule has 0 spiro atoms. The van der Waals surface area contributed by atoms with Crippen LogP contribution in [-0.2, 0) is 4.79 Å². The maximum absolute atomic E-state index is 12.5. The molecule has 0 unspecified atom stereocenters. The first kappa shape index (κ1) is 15.4. The van der Waals surface area contributed by atoms with Crippen molar-refractivity contribution in [1.82, 2.24) is 4.90 Å². The van der Waals surface area contributed by atoms with E-state index in [1.54, 1.807) is 6.07 Å². The Bertz CT molecular complexity index is 516. The first-order chi connectivity index (χ1) is 10.1. The number of alkyl halides is 1. The minimum Gasteiger partial charge on any atom is -0.325 e. The van der Waals surface area contributed by atoms with E-state index in [2.05, 4.69) is 5.32 Å². The van der Waals surface area contributed by atoms with E-state index in [0.717, 1.165) is 12.8 Å². The minimum atomic E-state index is -0.503. The van der Waals surface area contributed by atoms with Gasteiger partial charge in [-0.15, -0.1) is 0 Å². The number of rotatable bonds is 5. The maximum atomic E-state index is 12.5. The third-order valence-electron chi connectivity index (χ3n) is 3.63. The average molecular weight is 295 g/mol. The van der Waals surface area contributed by atoms with E-state index in [1.165, 1.54) is 18.2 Å². The SMILES string of the molecule is O=C(CN1CCC(CF)CC1)Nc1cccc([N+](=O)[O-])c1. The Labute approximate surface area is 122 Å². The van der Waals surface area contributed by atoms with Gasteiger partial charge in [0.2, 0.25) is 5.91 Å². The van der Waals surface area contributed by atoms with Crippen LogP contribution in [0.1, 0.15) is 12.8 Å². The molecule has 1 amide bonds. The predicted octanol–water partition coefficient (Wildman–Crippen LogP) is 2.21. The van der Waals surface area contributed by atoms with Crippen molar-refractivity contribution in [2.75, 3.05) is 31.6 Å². The Morgan fingerprint density at radius 2 is 2.14 bits per heavy atom. The van der Waals surface area contributed by atoms with Gasteiger partial charge in [0.15, 0.2) is 0 Å². The molecule has 21 heavy (non-hydrogen) atoms. The van der Waals surface area contributed by atoms with Gasteiger partial charge in [-0.1, -0.05) is 6.07 Å². The van der Waals surface area contributed by atoms with Crippen LogP contribution in [0.3, 0.4) is 0 Å². The number of benzene rings is 1. The summed E-state index contributed by atoms with van der Waals surface area (Å²) in [6.07, 6.45) is 1.53. The van der Waals surface area contributed by atoms with Gasteiger partial charge in [-0.3, -0.25) is 24.2 Å². The monoisotopic (exact) mass is 295 g/mol. The molecule has 2 rings (SSSR count). The molecule has 114 valence electrons. The fraction of sp³-hybridized carbons (Fsp3) is 0.500. The summed E-state index contributed by atoms with van der Waals surface area (Å²) in [6, 6.07) is 5.84. The summed E-state index contributed by atoms with van der Waals surface area (Å²) < 4.78 is 12.5. The molecule has 6 nitrogen and oxygen atoms in total. The number of carbonyl (C=O) groups is 1. The van der Waals surface area contributed by atoms with E-state index < -0.39 is 4.92 Å². The lowest BCUT2D eigenvalue weighted by atomic mass is 9.98. The van der Waals surface area contributed by atoms with Crippen LogP contribution in [-0.4, -0.2) is 42.0 Å². The molecule has 0 saturated carbocycles. The van der Waals surface area contributed by atoms with Crippen LogP contribution in [0.4, 0.5) is 15.8 Å². The molecular formula is C14H18FN3O3. The topological polar surface area (TPSA) is 75.5 Å². The van der Waals surface area contributed by atoms with Crippen molar-refractivity contribution in [1.29, 1.82) is 0 Å². The number of hydrogen-bond acceptors (Lipinski definition) is 4. The van der Waals surface area contributed by atoms with Gasteiger partial charge in [0.05, 0.1) is 18.1 Å². The number of carbonyl (C=O) groups excluding carboxylic acids is 1. The third kappa shape index (κ3) is 4.49. The maximum Gasteiger partial charge on any atom is 0.271 e. The minimum absolute atomic E-state index is 0.0587. The zero-order chi connectivity index (χ0) is 15.2. The summed E-state index contributed by atoms with van der Waals surface area (Å²) in [7, 11) is 0. The van der Waals surface area contributed by atoms with Gasteiger partial charge in [0.25, 0.3) is 5.69 Å². The molecule has 0 aromatic heterocycles. The molecule has 1 aromatic carbocycles. The van der Waals surface area contributed by atoms with E-state index in [9.17, 15) is 19.3 Å². The number of amides is 1. The highest BCUT2D eigenvalue weighted by Crippen LogP contribution is 2.19. The van der Waals surface area contributed by atoms with Crippen LogP contribution >= 0.6 is 0 Å². The summed E-state index contributed by atoms with van der Waals surface area (Å²) in [5.74, 6) is -0.102. The van der Waals surface area contributed by atoms with E-state index >= 15 is 0 Å². The highest BCUT2D eigenvalue weighted by Gasteiger charge is 2.20. The Morgan fingerprint density at radius 3 is 2.76 bits per heavy atom. The molecule has 1 heterocycles. The highest BCUT2D eigenvalue weighted by molar-refractivity contribution is 5.92. The lowest BCUT2D eigenvalue weighted by molar-refractivity contribution is -0.384. The number of non-ortho nitro benzene ring substituents is 1. The van der Waals surface area contributed by atoms with Gasteiger partial charge >= 0.3 is 0 Å². The summed E-state index contributed by atoms with van der Waals surface area (Å²) >= 11 is 0. The van der Waals surface area contributed by atoms with Crippen LogP contribution in [0, 0.1) is 16.0 Å². The molecule has 1 N–H and O–H groups in total. The first-order valence-electron chi connectivity index (χ1n) is 6.91. The number of nitrogens with zero attached hydrogens (tertiary/aromatic N) is 2. The van der Waals surface area contributed by atoms with Crippen LogP contribution in [0.15, 0.2) is 24.3 Å². The fourth-order valence-electron chi connectivity index (χ4n) is 2.40. The molecule has 0 aliphatic carbocycles. The molecule has 1 saturated heterocycles. The van der Waals surface area contributed by atoms with Crippen molar-refractivity contribution >= 4 is 17.3 Å². The van der Waals surface area contributed by atoms with Crippen molar-refractivity contribution in [3.63, 3.8) is 0 Å². The van der Waals surface area contributed by atoms with Crippen molar-refractivity contribution in [2.24, 2.45) is 5.92 Å². The smallest absolute Gasteiger partial charge is 0.271 e. The Hall–Kier alpha value is -2.02. The van der Waals surface area contributed by atoms with Crippen molar-refractivity contribution in [3.8, 4) is 0 Å². The van der Waals surface area contributed by atoms with E-state index in [0.29, 0.717) is 18.8 Å². The van der Waals surface area contributed by atoms with Gasteiger partial charge in [0, 0.05) is 17.8 Å². The number of anilines is 1. The predicted molar refractivity (Wildman–Crippen MR) is 76.9 cm³/mol. The Morgan fingerprint density at radius 1 is 1.43 bits per heavy atom. The van der Waals surface area contributed by atoms with Gasteiger partial charge in [-0.05, 0) is 37.9 Å². The van der Waals surface area contributed by atoms with E-state index in [1.807, 2.05) is 4.90 Å². The lowest BCUT2D eigenvalue weighted by Gasteiger charge is -2.29. The van der Waals surface area contributed by atoms with Crippen LogP contribution in [0.25, 0.3) is 0 Å².